The standard InChI is InChI=1S/C15H13Br2FIN/c1-20-15(12-8-11(19)4-5-13(12)17)6-9-2-3-10(16)7-14(9)18/h2-5,7-8,15,20H,6H2,1H3. The predicted octanol–water partition coefficient (Wildman–Crippen LogP) is 5.46. The molecule has 2 aromatic rings. The normalized spacial score (nSPS) is 12.4. The zero-order valence-electron chi connectivity index (χ0n) is 10.8. The maximum Gasteiger partial charge on any atom is 0.127 e. The molecule has 0 amide bonds. The van der Waals surface area contributed by atoms with Gasteiger partial charge >= 0.3 is 0 Å². The molecule has 0 aromatic heterocycles. The predicted molar refractivity (Wildman–Crippen MR) is 96.5 cm³/mol. The summed E-state index contributed by atoms with van der Waals surface area (Å²) in [4.78, 5) is 0. The second kappa shape index (κ2) is 7.33. The van der Waals surface area contributed by atoms with E-state index < -0.39 is 0 Å². The Morgan fingerprint density at radius 2 is 1.95 bits per heavy atom. The molecule has 20 heavy (non-hydrogen) atoms. The Labute approximate surface area is 148 Å². The summed E-state index contributed by atoms with van der Waals surface area (Å²) in [6, 6.07) is 11.4. The summed E-state index contributed by atoms with van der Waals surface area (Å²) >= 11 is 9.14. The van der Waals surface area contributed by atoms with Crippen molar-refractivity contribution in [3.8, 4) is 0 Å². The Bertz CT molecular complexity index is 619. The van der Waals surface area contributed by atoms with Gasteiger partial charge in [-0.3, -0.25) is 0 Å². The van der Waals surface area contributed by atoms with E-state index in [1.807, 2.05) is 31.3 Å². The van der Waals surface area contributed by atoms with Gasteiger partial charge in [0.05, 0.1) is 0 Å². The van der Waals surface area contributed by atoms with Crippen LogP contribution >= 0.6 is 54.5 Å². The van der Waals surface area contributed by atoms with Crippen molar-refractivity contribution in [1.29, 1.82) is 0 Å². The topological polar surface area (TPSA) is 12.0 Å². The molecule has 0 heterocycles. The average molecular weight is 513 g/mol. The molecule has 0 aliphatic rings. The number of likely N-dealkylation sites (N-methyl/N-ethyl adjacent to an activating group) is 1. The summed E-state index contributed by atoms with van der Waals surface area (Å²) < 4.78 is 16.9. The molecule has 1 atom stereocenters. The van der Waals surface area contributed by atoms with E-state index in [9.17, 15) is 4.39 Å². The van der Waals surface area contributed by atoms with E-state index in [2.05, 4.69) is 65.8 Å². The first-order chi connectivity index (χ1) is 9.51. The molecule has 0 aliphatic carbocycles. The van der Waals surface area contributed by atoms with E-state index in [1.54, 1.807) is 0 Å². The Morgan fingerprint density at radius 3 is 2.60 bits per heavy atom. The molecule has 106 valence electrons. The van der Waals surface area contributed by atoms with E-state index in [0.717, 1.165) is 18.1 Å². The smallest absolute Gasteiger partial charge is 0.127 e. The lowest BCUT2D eigenvalue weighted by molar-refractivity contribution is 0.552. The highest BCUT2D eigenvalue weighted by Crippen LogP contribution is 2.29. The van der Waals surface area contributed by atoms with E-state index in [-0.39, 0.29) is 11.9 Å². The lowest BCUT2D eigenvalue weighted by Gasteiger charge is -2.19. The summed E-state index contributed by atoms with van der Waals surface area (Å²) in [5, 5.41) is 3.26. The largest absolute Gasteiger partial charge is 0.313 e. The first kappa shape index (κ1) is 16.4. The van der Waals surface area contributed by atoms with Crippen LogP contribution in [0.5, 0.6) is 0 Å². The van der Waals surface area contributed by atoms with E-state index >= 15 is 0 Å². The molecule has 0 saturated heterocycles. The van der Waals surface area contributed by atoms with Gasteiger partial charge in [-0.25, -0.2) is 4.39 Å². The monoisotopic (exact) mass is 511 g/mol. The Balaban J connectivity index is 2.31. The number of nitrogens with one attached hydrogen (secondary N) is 1. The Kier molecular flexibility index (Phi) is 6.01. The van der Waals surface area contributed by atoms with Gasteiger partial charge in [0.2, 0.25) is 0 Å². The van der Waals surface area contributed by atoms with Crippen LogP contribution in [0.1, 0.15) is 17.2 Å². The second-order valence-corrected chi connectivity index (χ2v) is 7.46. The Morgan fingerprint density at radius 1 is 1.20 bits per heavy atom. The number of halogens is 4. The fraction of sp³-hybridized carbons (Fsp3) is 0.200. The summed E-state index contributed by atoms with van der Waals surface area (Å²) in [7, 11) is 1.90. The summed E-state index contributed by atoms with van der Waals surface area (Å²) in [6.07, 6.45) is 0.605. The van der Waals surface area contributed by atoms with Gasteiger partial charge in [-0.05, 0) is 77.5 Å². The van der Waals surface area contributed by atoms with E-state index in [4.69, 9.17) is 0 Å². The van der Waals surface area contributed by atoms with Gasteiger partial charge in [-0.15, -0.1) is 0 Å². The van der Waals surface area contributed by atoms with Crippen molar-refractivity contribution in [2.75, 3.05) is 7.05 Å². The second-order valence-electron chi connectivity index (χ2n) is 4.45. The van der Waals surface area contributed by atoms with Crippen LogP contribution in [0.4, 0.5) is 4.39 Å². The van der Waals surface area contributed by atoms with Gasteiger partial charge in [0.25, 0.3) is 0 Å². The fourth-order valence-corrected chi connectivity index (χ4v) is 3.43. The fourth-order valence-electron chi connectivity index (χ4n) is 2.06. The maximum absolute atomic E-state index is 14.0. The molecule has 1 unspecified atom stereocenters. The first-order valence-corrected chi connectivity index (χ1v) is 8.74. The van der Waals surface area contributed by atoms with Crippen LogP contribution in [0.25, 0.3) is 0 Å². The third kappa shape index (κ3) is 4.02. The van der Waals surface area contributed by atoms with Gasteiger partial charge in [0.1, 0.15) is 5.82 Å². The van der Waals surface area contributed by atoms with Crippen LogP contribution in [0, 0.1) is 9.39 Å². The van der Waals surface area contributed by atoms with Crippen LogP contribution in [-0.4, -0.2) is 7.05 Å². The third-order valence-corrected chi connectivity index (χ3v) is 5.01. The third-order valence-electron chi connectivity index (χ3n) is 3.12. The lowest BCUT2D eigenvalue weighted by atomic mass is 9.99. The summed E-state index contributed by atoms with van der Waals surface area (Å²) in [5.41, 5.74) is 1.85. The highest BCUT2D eigenvalue weighted by Gasteiger charge is 2.16. The van der Waals surface area contributed by atoms with Crippen molar-refractivity contribution in [2.45, 2.75) is 12.5 Å². The highest BCUT2D eigenvalue weighted by molar-refractivity contribution is 14.1. The Hall–Kier alpha value is 0.0200. The summed E-state index contributed by atoms with van der Waals surface area (Å²) in [6.45, 7) is 0. The van der Waals surface area contributed by atoms with Crippen LogP contribution < -0.4 is 5.32 Å². The van der Waals surface area contributed by atoms with Crippen molar-refractivity contribution in [3.63, 3.8) is 0 Å². The molecule has 5 heteroatoms. The molecular weight excluding hydrogens is 500 g/mol. The van der Waals surface area contributed by atoms with Gasteiger partial charge in [0, 0.05) is 18.6 Å². The van der Waals surface area contributed by atoms with Crippen molar-refractivity contribution >= 4 is 54.5 Å². The number of rotatable bonds is 4. The molecule has 0 bridgehead atoms. The van der Waals surface area contributed by atoms with Crippen molar-refractivity contribution in [2.24, 2.45) is 0 Å². The average Bonchev–Trinajstić information content (AvgIpc) is 2.41. The molecule has 1 N–H and O–H groups in total. The first-order valence-electron chi connectivity index (χ1n) is 6.07. The quantitative estimate of drug-likeness (QED) is 0.537. The molecule has 2 rings (SSSR count). The lowest BCUT2D eigenvalue weighted by Crippen LogP contribution is -2.20. The van der Waals surface area contributed by atoms with Crippen molar-refractivity contribution in [1.82, 2.24) is 5.32 Å². The zero-order chi connectivity index (χ0) is 14.7. The molecule has 2 aromatic carbocycles. The minimum absolute atomic E-state index is 0.0646. The molecule has 0 saturated carbocycles. The van der Waals surface area contributed by atoms with E-state index in [0.29, 0.717) is 12.0 Å². The van der Waals surface area contributed by atoms with Gasteiger partial charge in [-0.2, -0.15) is 0 Å². The highest BCUT2D eigenvalue weighted by atomic mass is 127. The van der Waals surface area contributed by atoms with Crippen LogP contribution in [0.3, 0.4) is 0 Å². The zero-order valence-corrected chi connectivity index (χ0v) is 16.1. The SMILES string of the molecule is CNC(Cc1ccc(Br)cc1F)c1cc(I)ccc1Br. The number of benzene rings is 2. The van der Waals surface area contributed by atoms with Crippen LogP contribution in [0.15, 0.2) is 45.3 Å². The minimum Gasteiger partial charge on any atom is -0.313 e. The summed E-state index contributed by atoms with van der Waals surface area (Å²) in [5.74, 6) is -0.179. The van der Waals surface area contributed by atoms with Crippen LogP contribution in [-0.2, 0) is 6.42 Å². The minimum atomic E-state index is -0.179. The maximum atomic E-state index is 14.0. The number of hydrogen-bond donors (Lipinski definition) is 1. The van der Waals surface area contributed by atoms with Crippen molar-refractivity contribution in [3.05, 3.63) is 65.9 Å². The van der Waals surface area contributed by atoms with Crippen molar-refractivity contribution < 1.29 is 4.39 Å². The molecule has 1 nitrogen and oxygen atoms in total. The molecular formula is C15H13Br2FIN. The van der Waals surface area contributed by atoms with E-state index in [1.165, 1.54) is 6.07 Å². The molecule has 0 fully saturated rings. The van der Waals surface area contributed by atoms with Gasteiger partial charge in [0.15, 0.2) is 0 Å². The molecule has 0 aliphatic heterocycles. The van der Waals surface area contributed by atoms with Gasteiger partial charge in [-0.1, -0.05) is 37.9 Å². The van der Waals surface area contributed by atoms with Gasteiger partial charge < -0.3 is 5.32 Å². The number of hydrogen-bond acceptors (Lipinski definition) is 1. The van der Waals surface area contributed by atoms with Crippen LogP contribution in [0.2, 0.25) is 0 Å². The molecule has 0 spiro atoms. The molecule has 0 radical (unpaired) electrons.